The predicted molar refractivity (Wildman–Crippen MR) is 204 cm³/mol. The van der Waals surface area contributed by atoms with E-state index in [1.54, 1.807) is 24.3 Å². The quantitative estimate of drug-likeness (QED) is 0.0733. The molecule has 0 radical (unpaired) electrons. The van der Waals surface area contributed by atoms with Crippen molar-refractivity contribution >= 4 is 0 Å². The van der Waals surface area contributed by atoms with E-state index in [4.69, 9.17) is 29.2 Å². The number of nitrogens with zero attached hydrogens (tertiary/aromatic N) is 3. The number of unbranched alkanes of at least 4 members (excludes halogenated alkanes) is 10. The van der Waals surface area contributed by atoms with Gasteiger partial charge in [-0.1, -0.05) is 96.3 Å². The lowest BCUT2D eigenvalue weighted by molar-refractivity contribution is 0.302. The standard InChI is InChI=1S/C43H51N3O5/c1-3-5-7-9-11-16-28-49-35-24-26-37(39(47)30-35)42-44-41(32-20-22-34(23-21-32)51-33-18-14-13-15-19-33)45-43(46-42)38-27-25-36(31-40(38)48)50-29-17-12-10-8-6-4-2/h13-15,18-27,30-31,47-48H,3-12,16-17,28-29H2,1-2H3. The second-order valence-corrected chi connectivity index (χ2v) is 12.8. The van der Waals surface area contributed by atoms with Crippen molar-refractivity contribution in [2.45, 2.75) is 90.9 Å². The molecule has 2 N–H and O–H groups in total. The summed E-state index contributed by atoms with van der Waals surface area (Å²) in [5.74, 6) is 3.48. The third kappa shape index (κ3) is 11.5. The second kappa shape index (κ2) is 19.9. The van der Waals surface area contributed by atoms with Crippen molar-refractivity contribution in [1.82, 2.24) is 15.0 Å². The third-order valence-corrected chi connectivity index (χ3v) is 8.68. The molecule has 268 valence electrons. The van der Waals surface area contributed by atoms with Crippen LogP contribution in [0.15, 0.2) is 91.0 Å². The lowest BCUT2D eigenvalue weighted by Gasteiger charge is -2.13. The van der Waals surface area contributed by atoms with Gasteiger partial charge in [-0.3, -0.25) is 0 Å². The molecule has 0 saturated heterocycles. The number of hydrogen-bond donors (Lipinski definition) is 2. The van der Waals surface area contributed by atoms with Crippen LogP contribution in [0.5, 0.6) is 34.5 Å². The van der Waals surface area contributed by atoms with Crippen molar-refractivity contribution in [3.8, 4) is 68.7 Å². The van der Waals surface area contributed by atoms with Crippen molar-refractivity contribution in [2.75, 3.05) is 13.2 Å². The summed E-state index contributed by atoms with van der Waals surface area (Å²) in [6.07, 6.45) is 14.1. The number of rotatable bonds is 21. The summed E-state index contributed by atoms with van der Waals surface area (Å²) in [6.45, 7) is 5.61. The van der Waals surface area contributed by atoms with Gasteiger partial charge in [0.1, 0.15) is 34.5 Å². The maximum Gasteiger partial charge on any atom is 0.167 e. The average molecular weight is 690 g/mol. The van der Waals surface area contributed by atoms with Crippen LogP contribution in [0.25, 0.3) is 34.2 Å². The van der Waals surface area contributed by atoms with Gasteiger partial charge in [-0.15, -0.1) is 0 Å². The molecule has 51 heavy (non-hydrogen) atoms. The van der Waals surface area contributed by atoms with E-state index in [1.807, 2.05) is 66.7 Å². The van der Waals surface area contributed by atoms with Crippen LogP contribution in [0, 0.1) is 0 Å². The molecular formula is C43H51N3O5. The van der Waals surface area contributed by atoms with E-state index in [0.29, 0.717) is 47.4 Å². The van der Waals surface area contributed by atoms with Gasteiger partial charge in [-0.2, -0.15) is 0 Å². The smallest absolute Gasteiger partial charge is 0.167 e. The topological polar surface area (TPSA) is 107 Å². The first-order valence-corrected chi connectivity index (χ1v) is 18.6. The maximum atomic E-state index is 11.1. The number of phenolic OH excluding ortho intramolecular Hbond substituents is 2. The molecule has 8 nitrogen and oxygen atoms in total. The van der Waals surface area contributed by atoms with E-state index in [1.165, 1.54) is 51.4 Å². The molecule has 0 unspecified atom stereocenters. The van der Waals surface area contributed by atoms with Gasteiger partial charge in [0, 0.05) is 17.7 Å². The van der Waals surface area contributed by atoms with Crippen LogP contribution in [0.1, 0.15) is 90.9 Å². The Morgan fingerprint density at radius 1 is 0.451 bits per heavy atom. The Hall–Kier alpha value is -5.11. The van der Waals surface area contributed by atoms with E-state index < -0.39 is 0 Å². The van der Waals surface area contributed by atoms with E-state index >= 15 is 0 Å². The summed E-state index contributed by atoms with van der Waals surface area (Å²) in [6, 6.07) is 27.4. The van der Waals surface area contributed by atoms with E-state index in [9.17, 15) is 10.2 Å². The highest BCUT2D eigenvalue weighted by molar-refractivity contribution is 5.73. The van der Waals surface area contributed by atoms with E-state index in [2.05, 4.69) is 13.8 Å². The molecule has 0 bridgehead atoms. The molecule has 0 aliphatic rings. The molecule has 5 aromatic rings. The number of ether oxygens (including phenoxy) is 3. The Labute approximate surface area is 302 Å². The van der Waals surface area contributed by atoms with Crippen molar-refractivity contribution in [3.05, 3.63) is 91.0 Å². The molecular weight excluding hydrogens is 638 g/mol. The molecule has 8 heteroatoms. The van der Waals surface area contributed by atoms with Crippen molar-refractivity contribution in [3.63, 3.8) is 0 Å². The molecule has 5 rings (SSSR count). The van der Waals surface area contributed by atoms with Crippen LogP contribution in [0.4, 0.5) is 0 Å². The SMILES string of the molecule is CCCCCCCCOc1ccc(-c2nc(-c3ccc(Oc4ccccc4)cc3)nc(-c3ccc(OCCCCCCCC)cc3O)n2)c(O)c1. The van der Waals surface area contributed by atoms with Crippen LogP contribution >= 0.6 is 0 Å². The first kappa shape index (κ1) is 37.2. The molecule has 0 atom stereocenters. The minimum Gasteiger partial charge on any atom is -0.507 e. The summed E-state index contributed by atoms with van der Waals surface area (Å²) in [5, 5.41) is 22.3. The Kier molecular flexibility index (Phi) is 14.5. The van der Waals surface area contributed by atoms with Gasteiger partial charge in [0.25, 0.3) is 0 Å². The third-order valence-electron chi connectivity index (χ3n) is 8.68. The summed E-state index contributed by atoms with van der Waals surface area (Å²) < 4.78 is 17.9. The molecule has 1 heterocycles. The van der Waals surface area contributed by atoms with Gasteiger partial charge in [-0.25, -0.2) is 15.0 Å². The highest BCUT2D eigenvalue weighted by Gasteiger charge is 2.18. The minimum absolute atomic E-state index is 0.00665. The van der Waals surface area contributed by atoms with Gasteiger partial charge < -0.3 is 24.4 Å². The zero-order valence-corrected chi connectivity index (χ0v) is 30.0. The largest absolute Gasteiger partial charge is 0.507 e. The molecule has 0 spiro atoms. The monoisotopic (exact) mass is 689 g/mol. The molecule has 0 fully saturated rings. The first-order chi connectivity index (χ1) is 25.0. The fraction of sp³-hybridized carbons (Fsp3) is 0.372. The van der Waals surface area contributed by atoms with Gasteiger partial charge in [0.05, 0.1) is 24.3 Å². The predicted octanol–water partition coefficient (Wildman–Crippen LogP) is 11.6. The fourth-order valence-electron chi connectivity index (χ4n) is 5.77. The number of aromatic nitrogens is 3. The number of phenols is 2. The molecule has 4 aromatic carbocycles. The number of benzene rings is 4. The summed E-state index contributed by atoms with van der Waals surface area (Å²) in [7, 11) is 0. The van der Waals surface area contributed by atoms with Crippen molar-refractivity contribution < 1.29 is 24.4 Å². The van der Waals surface area contributed by atoms with E-state index in [-0.39, 0.29) is 23.1 Å². The number of para-hydroxylation sites is 1. The zero-order chi connectivity index (χ0) is 35.7. The summed E-state index contributed by atoms with van der Waals surface area (Å²) >= 11 is 0. The Balaban J connectivity index is 1.37. The highest BCUT2D eigenvalue weighted by atomic mass is 16.5. The van der Waals surface area contributed by atoms with Crippen LogP contribution in [-0.2, 0) is 0 Å². The van der Waals surface area contributed by atoms with Gasteiger partial charge in [-0.05, 0) is 73.5 Å². The van der Waals surface area contributed by atoms with Gasteiger partial charge in [0.2, 0.25) is 0 Å². The maximum absolute atomic E-state index is 11.1. The average Bonchev–Trinajstić information content (AvgIpc) is 3.15. The molecule has 0 aliphatic heterocycles. The zero-order valence-electron chi connectivity index (χ0n) is 30.0. The van der Waals surface area contributed by atoms with Crippen molar-refractivity contribution in [1.29, 1.82) is 0 Å². The van der Waals surface area contributed by atoms with Crippen LogP contribution < -0.4 is 14.2 Å². The first-order valence-electron chi connectivity index (χ1n) is 18.6. The van der Waals surface area contributed by atoms with Crippen LogP contribution in [0.2, 0.25) is 0 Å². The normalized spacial score (nSPS) is 11.0. The molecule has 1 aromatic heterocycles. The van der Waals surface area contributed by atoms with Crippen LogP contribution in [-0.4, -0.2) is 38.4 Å². The summed E-state index contributed by atoms with van der Waals surface area (Å²) in [4.78, 5) is 14.3. The molecule has 0 aliphatic carbocycles. The molecule has 0 saturated carbocycles. The second-order valence-electron chi connectivity index (χ2n) is 12.8. The van der Waals surface area contributed by atoms with E-state index in [0.717, 1.165) is 37.0 Å². The minimum atomic E-state index is -0.00665. The summed E-state index contributed by atoms with van der Waals surface area (Å²) in [5.41, 5.74) is 1.57. The number of aromatic hydroxyl groups is 2. The molecule has 0 amide bonds. The van der Waals surface area contributed by atoms with Crippen molar-refractivity contribution in [2.24, 2.45) is 0 Å². The van der Waals surface area contributed by atoms with Gasteiger partial charge in [0.15, 0.2) is 17.5 Å². The highest BCUT2D eigenvalue weighted by Crippen LogP contribution is 2.36. The Morgan fingerprint density at radius 3 is 1.37 bits per heavy atom. The van der Waals surface area contributed by atoms with Crippen LogP contribution in [0.3, 0.4) is 0 Å². The Bertz CT molecular complexity index is 1690. The van der Waals surface area contributed by atoms with Gasteiger partial charge >= 0.3 is 0 Å². The Morgan fingerprint density at radius 2 is 0.882 bits per heavy atom. The lowest BCUT2D eigenvalue weighted by Crippen LogP contribution is -2.02. The fourth-order valence-corrected chi connectivity index (χ4v) is 5.77. The number of hydrogen-bond acceptors (Lipinski definition) is 8. The lowest BCUT2D eigenvalue weighted by atomic mass is 10.1.